The van der Waals surface area contributed by atoms with Crippen LogP contribution in [0.3, 0.4) is 0 Å². The predicted molar refractivity (Wildman–Crippen MR) is 59.3 cm³/mol. The Hall–Kier alpha value is -0.120. The van der Waals surface area contributed by atoms with E-state index in [9.17, 15) is 0 Å². The van der Waals surface area contributed by atoms with E-state index in [2.05, 4.69) is 19.2 Å². The molecule has 2 unspecified atom stereocenters. The second-order valence-corrected chi connectivity index (χ2v) is 5.70. The molecular weight excluding hydrogens is 176 g/mol. The van der Waals surface area contributed by atoms with Crippen molar-refractivity contribution in [3.8, 4) is 0 Å². The van der Waals surface area contributed by atoms with Crippen LogP contribution in [0.1, 0.15) is 34.1 Å². The molecule has 0 spiro atoms. The standard InChI is InChI=1S/C11H24N2O/c1-10(2,12)7-13-8-6-9(14-5)11(8,3)4/h8-9,13H,6-7,12H2,1-5H3. The SMILES string of the molecule is COC1CC(NCC(C)(C)N)C1(C)C. The third-order valence-corrected chi connectivity index (χ3v) is 3.27. The van der Waals surface area contributed by atoms with Crippen LogP contribution in [-0.4, -0.2) is 31.3 Å². The van der Waals surface area contributed by atoms with Gasteiger partial charge < -0.3 is 15.8 Å². The maximum absolute atomic E-state index is 5.92. The van der Waals surface area contributed by atoms with E-state index in [0.717, 1.165) is 13.0 Å². The monoisotopic (exact) mass is 200 g/mol. The van der Waals surface area contributed by atoms with E-state index in [-0.39, 0.29) is 11.0 Å². The van der Waals surface area contributed by atoms with E-state index in [1.54, 1.807) is 7.11 Å². The van der Waals surface area contributed by atoms with E-state index in [0.29, 0.717) is 12.1 Å². The Morgan fingerprint density at radius 2 is 2.07 bits per heavy atom. The van der Waals surface area contributed by atoms with Crippen LogP contribution >= 0.6 is 0 Å². The van der Waals surface area contributed by atoms with E-state index in [1.165, 1.54) is 0 Å². The van der Waals surface area contributed by atoms with Crippen molar-refractivity contribution < 1.29 is 4.74 Å². The second-order valence-electron chi connectivity index (χ2n) is 5.70. The van der Waals surface area contributed by atoms with Gasteiger partial charge in [0, 0.05) is 30.7 Å². The largest absolute Gasteiger partial charge is 0.381 e. The molecule has 0 heterocycles. The van der Waals surface area contributed by atoms with Gasteiger partial charge in [0.1, 0.15) is 0 Å². The molecule has 0 aromatic heterocycles. The molecule has 1 aliphatic rings. The number of ether oxygens (including phenoxy) is 1. The van der Waals surface area contributed by atoms with Crippen LogP contribution in [0.15, 0.2) is 0 Å². The number of hydrogen-bond acceptors (Lipinski definition) is 3. The third-order valence-electron chi connectivity index (χ3n) is 3.27. The van der Waals surface area contributed by atoms with Crippen LogP contribution in [0.4, 0.5) is 0 Å². The van der Waals surface area contributed by atoms with Crippen molar-refractivity contribution in [2.75, 3.05) is 13.7 Å². The predicted octanol–water partition coefficient (Wildman–Crippen LogP) is 1.13. The molecule has 3 N–H and O–H groups in total. The molecule has 2 atom stereocenters. The van der Waals surface area contributed by atoms with Crippen molar-refractivity contribution in [3.05, 3.63) is 0 Å². The summed E-state index contributed by atoms with van der Waals surface area (Å²) >= 11 is 0. The molecule has 84 valence electrons. The quantitative estimate of drug-likeness (QED) is 0.715. The molecule has 3 heteroatoms. The minimum atomic E-state index is -0.131. The molecule has 1 aliphatic carbocycles. The van der Waals surface area contributed by atoms with E-state index in [4.69, 9.17) is 10.5 Å². The average Bonchev–Trinajstić information content (AvgIpc) is 2.00. The summed E-state index contributed by atoms with van der Waals surface area (Å²) in [5, 5.41) is 3.51. The first-order chi connectivity index (χ1) is 6.27. The van der Waals surface area contributed by atoms with Crippen LogP contribution in [0.25, 0.3) is 0 Å². The lowest BCUT2D eigenvalue weighted by Gasteiger charge is -2.52. The van der Waals surface area contributed by atoms with Gasteiger partial charge in [-0.1, -0.05) is 13.8 Å². The Kier molecular flexibility index (Phi) is 3.24. The molecule has 0 aromatic rings. The van der Waals surface area contributed by atoms with Gasteiger partial charge in [0.05, 0.1) is 6.10 Å². The second kappa shape index (κ2) is 3.80. The number of nitrogens with two attached hydrogens (primary N) is 1. The minimum absolute atomic E-state index is 0.131. The van der Waals surface area contributed by atoms with Crippen LogP contribution < -0.4 is 11.1 Å². The molecule has 0 aliphatic heterocycles. The van der Waals surface area contributed by atoms with Gasteiger partial charge in [-0.25, -0.2) is 0 Å². The molecule has 0 bridgehead atoms. The number of hydrogen-bond donors (Lipinski definition) is 2. The maximum atomic E-state index is 5.92. The summed E-state index contributed by atoms with van der Waals surface area (Å²) in [6, 6.07) is 0.537. The first-order valence-corrected chi connectivity index (χ1v) is 5.32. The van der Waals surface area contributed by atoms with Crippen LogP contribution in [0.5, 0.6) is 0 Å². The summed E-state index contributed by atoms with van der Waals surface area (Å²) in [6.07, 6.45) is 1.49. The lowest BCUT2D eigenvalue weighted by molar-refractivity contribution is -0.0980. The molecular formula is C11H24N2O. The molecule has 14 heavy (non-hydrogen) atoms. The van der Waals surface area contributed by atoms with Gasteiger partial charge in [-0.15, -0.1) is 0 Å². The van der Waals surface area contributed by atoms with Crippen molar-refractivity contribution in [1.29, 1.82) is 0 Å². The molecule has 1 saturated carbocycles. The van der Waals surface area contributed by atoms with Crippen molar-refractivity contribution in [2.45, 2.75) is 51.8 Å². The number of rotatable bonds is 4. The normalized spacial score (nSPS) is 31.3. The minimum Gasteiger partial charge on any atom is -0.381 e. The zero-order valence-electron chi connectivity index (χ0n) is 10.1. The summed E-state index contributed by atoms with van der Waals surface area (Å²) in [5.74, 6) is 0. The maximum Gasteiger partial charge on any atom is 0.0652 e. The number of methoxy groups -OCH3 is 1. The van der Waals surface area contributed by atoms with Gasteiger partial charge >= 0.3 is 0 Å². The molecule has 0 aromatic carbocycles. The van der Waals surface area contributed by atoms with Gasteiger partial charge in [0.2, 0.25) is 0 Å². The zero-order valence-corrected chi connectivity index (χ0v) is 10.1. The lowest BCUT2D eigenvalue weighted by Crippen LogP contribution is -2.62. The summed E-state index contributed by atoms with van der Waals surface area (Å²) < 4.78 is 5.39. The Labute approximate surface area is 87.4 Å². The summed E-state index contributed by atoms with van der Waals surface area (Å²) in [7, 11) is 1.79. The molecule has 0 saturated heterocycles. The summed E-state index contributed by atoms with van der Waals surface area (Å²) in [5.41, 5.74) is 6.03. The van der Waals surface area contributed by atoms with Crippen molar-refractivity contribution >= 4 is 0 Å². The first kappa shape index (κ1) is 12.0. The Morgan fingerprint density at radius 3 is 2.43 bits per heavy atom. The van der Waals surface area contributed by atoms with Gasteiger partial charge in [-0.05, 0) is 20.3 Å². The first-order valence-electron chi connectivity index (χ1n) is 5.32. The van der Waals surface area contributed by atoms with Crippen LogP contribution in [-0.2, 0) is 4.74 Å². The Balaban J connectivity index is 2.36. The fourth-order valence-corrected chi connectivity index (χ4v) is 2.02. The molecule has 3 nitrogen and oxygen atoms in total. The molecule has 0 radical (unpaired) electrons. The van der Waals surface area contributed by atoms with E-state index >= 15 is 0 Å². The highest BCUT2D eigenvalue weighted by Gasteiger charge is 2.48. The van der Waals surface area contributed by atoms with Crippen molar-refractivity contribution in [3.63, 3.8) is 0 Å². The lowest BCUT2D eigenvalue weighted by atomic mass is 9.64. The number of nitrogens with one attached hydrogen (secondary N) is 1. The highest BCUT2D eigenvalue weighted by atomic mass is 16.5. The summed E-state index contributed by atoms with van der Waals surface area (Å²) in [6.45, 7) is 9.42. The van der Waals surface area contributed by atoms with Gasteiger partial charge in [-0.2, -0.15) is 0 Å². The fourth-order valence-electron chi connectivity index (χ4n) is 2.02. The third kappa shape index (κ3) is 2.47. The van der Waals surface area contributed by atoms with Crippen molar-refractivity contribution in [1.82, 2.24) is 5.32 Å². The van der Waals surface area contributed by atoms with E-state index in [1.807, 2.05) is 13.8 Å². The smallest absolute Gasteiger partial charge is 0.0652 e. The zero-order chi connectivity index (χ0) is 11.0. The molecule has 0 amide bonds. The average molecular weight is 200 g/mol. The van der Waals surface area contributed by atoms with Gasteiger partial charge in [-0.3, -0.25) is 0 Å². The van der Waals surface area contributed by atoms with Crippen LogP contribution in [0.2, 0.25) is 0 Å². The Morgan fingerprint density at radius 1 is 1.50 bits per heavy atom. The molecule has 1 rings (SSSR count). The van der Waals surface area contributed by atoms with E-state index < -0.39 is 0 Å². The van der Waals surface area contributed by atoms with Gasteiger partial charge in [0.15, 0.2) is 0 Å². The highest BCUT2D eigenvalue weighted by Crippen LogP contribution is 2.42. The van der Waals surface area contributed by atoms with Gasteiger partial charge in [0.25, 0.3) is 0 Å². The molecule has 1 fully saturated rings. The Bertz CT molecular complexity index is 196. The van der Waals surface area contributed by atoms with Crippen molar-refractivity contribution in [2.24, 2.45) is 11.1 Å². The highest BCUT2D eigenvalue weighted by molar-refractivity contribution is 5.03. The fraction of sp³-hybridized carbons (Fsp3) is 1.00. The summed E-state index contributed by atoms with van der Waals surface area (Å²) in [4.78, 5) is 0. The topological polar surface area (TPSA) is 47.3 Å². The van der Waals surface area contributed by atoms with Crippen LogP contribution in [0, 0.1) is 5.41 Å².